The number of piperidine rings is 8. The zero-order chi connectivity index (χ0) is 74.5. The van der Waals surface area contributed by atoms with Crippen molar-refractivity contribution in [2.75, 3.05) is 224 Å². The highest BCUT2D eigenvalue weighted by molar-refractivity contribution is 7.83. The van der Waals surface area contributed by atoms with E-state index in [0.29, 0.717) is 339 Å². The first-order chi connectivity index (χ1) is 54.7. The largest absolute Gasteiger partial charge is 0.430 e. The average molecular weight is 1680 g/mol. The Kier molecular flexibility index (Phi) is 20.2. The number of ether oxygens (including phenoxy) is 16. The summed E-state index contributed by atoms with van der Waals surface area (Å²) in [4.78, 5) is 0. The minimum Gasteiger partial charge on any atom is -0.430 e. The van der Waals surface area contributed by atoms with E-state index in [9.17, 15) is 0 Å². The Morgan fingerprint density at radius 1 is 0.232 bits per heavy atom. The highest BCUT2D eigenvalue weighted by Gasteiger charge is 2.62. The first-order valence-electron chi connectivity index (χ1n) is 41.9. The van der Waals surface area contributed by atoms with Gasteiger partial charge in [0, 0.05) is 245 Å². The third-order valence-electron chi connectivity index (χ3n) is 27.4. The summed E-state index contributed by atoms with van der Waals surface area (Å²) in [6.45, 7) is 21.4. The van der Waals surface area contributed by atoms with Crippen molar-refractivity contribution in [1.29, 1.82) is 0 Å². The molecule has 2 aromatic carbocycles. The Morgan fingerprint density at radius 3 is 0.607 bits per heavy atom. The third kappa shape index (κ3) is 13.2. The normalized spacial score (nSPS) is 35.2. The highest BCUT2D eigenvalue weighted by Crippen LogP contribution is 2.87. The quantitative estimate of drug-likeness (QED) is 0.189. The molecule has 10 spiro atoms. The highest BCUT2D eigenvalue weighted by atomic mass is 31.3. The molecular formula is C72H112N16O18P6. The number of rotatable bonds is 11. The molecule has 0 N–H and O–H groups in total. The lowest BCUT2D eigenvalue weighted by Crippen LogP contribution is -2.51. The van der Waals surface area contributed by atoms with Gasteiger partial charge in [0.2, 0.25) is 30.0 Å². The second-order valence-corrected chi connectivity index (χ2v) is 50.0. The summed E-state index contributed by atoms with van der Waals surface area (Å²) < 4.78 is 190. The zero-order valence-corrected chi connectivity index (χ0v) is 69.9. The molecule has 20 heterocycles. The van der Waals surface area contributed by atoms with Crippen molar-refractivity contribution in [2.24, 2.45) is 27.1 Å². The topological polar surface area (TPSA) is 273 Å². The van der Waals surface area contributed by atoms with Gasteiger partial charge in [0.15, 0.2) is 46.3 Å². The molecule has 618 valence electrons. The van der Waals surface area contributed by atoms with E-state index in [4.69, 9.17) is 112 Å². The summed E-state index contributed by atoms with van der Waals surface area (Å²) >= 11 is 0. The predicted octanol–water partition coefficient (Wildman–Crippen LogP) is 11.2. The fraction of sp³-hybridized carbons (Fsp3) is 0.833. The van der Waals surface area contributed by atoms with E-state index in [1.54, 1.807) is 0 Å². The van der Waals surface area contributed by atoms with Crippen LogP contribution in [-0.2, 0) is 88.9 Å². The molecule has 40 heteroatoms. The van der Waals surface area contributed by atoms with Crippen LogP contribution in [0.5, 0.6) is 11.5 Å². The Hall–Kier alpha value is -1.62. The Labute approximate surface area is 657 Å². The molecule has 0 aliphatic carbocycles. The summed E-state index contributed by atoms with van der Waals surface area (Å²) in [7, 11) is -20.9. The van der Waals surface area contributed by atoms with Gasteiger partial charge in [-0.25, -0.2) is 46.7 Å². The van der Waals surface area contributed by atoms with E-state index in [1.165, 1.54) is 0 Å². The summed E-state index contributed by atoms with van der Waals surface area (Å²) in [5.74, 6) is -3.86. The standard InChI is InChI=1S/C72H112N16O18P6/c1-3-7-63-61(5-1)59-87(111(105-63)75-107(79-25-9-65(10-26-79)89-43-44-90-65,80-27-11-66(12-28-80)91-45-46-92-66)73-108(76-111,81-29-13-67(14-30-81)93-47-48-94-67)82-31-15-68(16-32-82)95-49-50-96-68)41-42-88-60-62-6-2-4-8-64(62)106-112(88)77-109(83-33-17-69(18-34-83)97-51-52-98-69,84-35-19-70(20-36-84)99-53-54-100-70)74-110(78-112,85-37-21-71(22-38-85)101-55-56-102-71)86-39-23-72(24-40-86)103-57-58-104-72/h1-8H,9-60H2. The van der Waals surface area contributed by atoms with Gasteiger partial charge in [0.25, 0.3) is 0 Å². The van der Waals surface area contributed by atoms with Gasteiger partial charge in [-0.3, -0.25) is 0 Å². The van der Waals surface area contributed by atoms with Crippen LogP contribution in [0.3, 0.4) is 0 Å². The second-order valence-electron chi connectivity index (χ2n) is 33.4. The van der Waals surface area contributed by atoms with E-state index in [1.807, 2.05) is 0 Å². The summed E-state index contributed by atoms with van der Waals surface area (Å²) in [5.41, 5.74) is 2.15. The Morgan fingerprint density at radius 2 is 0.411 bits per heavy atom. The van der Waals surface area contributed by atoms with Crippen molar-refractivity contribution in [3.63, 3.8) is 0 Å². The van der Waals surface area contributed by atoms with Crippen molar-refractivity contribution >= 4 is 45.2 Å². The smallest absolute Gasteiger partial charge is 0.334 e. The van der Waals surface area contributed by atoms with Crippen molar-refractivity contribution in [2.45, 2.75) is 162 Å². The maximum atomic E-state index is 8.29. The molecule has 22 rings (SSSR count). The van der Waals surface area contributed by atoms with Crippen LogP contribution in [0.1, 0.15) is 114 Å². The molecule has 16 fully saturated rings. The van der Waals surface area contributed by atoms with Crippen LogP contribution < -0.4 is 9.05 Å². The lowest BCUT2D eigenvalue weighted by Gasteiger charge is -2.56. The lowest BCUT2D eigenvalue weighted by molar-refractivity contribution is -0.183. The predicted molar refractivity (Wildman–Crippen MR) is 415 cm³/mol. The minimum atomic E-state index is -3.73. The van der Waals surface area contributed by atoms with E-state index in [2.05, 4.69) is 95.2 Å². The second kappa shape index (κ2) is 29.6. The van der Waals surface area contributed by atoms with Crippen molar-refractivity contribution in [1.82, 2.24) is 46.7 Å². The SMILES string of the molecule is c1ccc2c(c1)CN(CCN1Cc3ccccc3OP13=NP(N1CCC4(CC1)OCCO4)(N1CCC4(CC1)OCCO4)=NP(N1CCC4(CC1)OCCO4)(N1CCC4(CC1)OCCO4)=N3)P1(=NP(N3CCC4(CC3)OCCO4)(N3CCC4(CC3)OCCO4)=NP(N3CCC4(CC3)OCCO4)(N3CCC4(CC3)OCCO4)=N1)O2. The molecule has 2 unspecified atom stereocenters. The van der Waals surface area contributed by atoms with Crippen LogP contribution in [-0.4, -0.2) is 317 Å². The average Bonchev–Trinajstić information content (AvgIpc) is 0.963. The summed E-state index contributed by atoms with van der Waals surface area (Å²) in [6.07, 6.45) is 10.7. The molecule has 112 heavy (non-hydrogen) atoms. The minimum absolute atomic E-state index is 0.455. The van der Waals surface area contributed by atoms with Crippen molar-refractivity contribution in [3.05, 3.63) is 59.7 Å². The van der Waals surface area contributed by atoms with Gasteiger partial charge in [-0.05, 0) is 12.1 Å². The molecule has 2 atom stereocenters. The van der Waals surface area contributed by atoms with Crippen LogP contribution in [0.4, 0.5) is 0 Å². The third-order valence-corrected chi connectivity index (χ3v) is 51.1. The van der Waals surface area contributed by atoms with E-state index < -0.39 is 91.5 Å². The molecule has 20 aliphatic heterocycles. The van der Waals surface area contributed by atoms with Crippen LogP contribution in [0.25, 0.3) is 0 Å². The van der Waals surface area contributed by atoms with Gasteiger partial charge in [0.1, 0.15) is 11.5 Å². The van der Waals surface area contributed by atoms with Gasteiger partial charge in [-0.2, -0.15) is 27.1 Å². The molecule has 0 aromatic heterocycles. The molecule has 0 saturated carbocycles. The number of fused-ring (bicyclic) bond motifs is 2. The first kappa shape index (κ1) is 76.5. The summed E-state index contributed by atoms with van der Waals surface area (Å²) in [6, 6.07) is 17.3. The molecule has 34 nitrogen and oxygen atoms in total. The van der Waals surface area contributed by atoms with Gasteiger partial charge >= 0.3 is 15.2 Å². The van der Waals surface area contributed by atoms with Crippen LogP contribution >= 0.6 is 45.2 Å². The Bertz CT molecular complexity index is 3600. The number of nitrogens with zero attached hydrogens (tertiary/aromatic N) is 16. The molecule has 20 aliphatic rings. The van der Waals surface area contributed by atoms with Crippen molar-refractivity contribution < 1.29 is 84.8 Å². The van der Waals surface area contributed by atoms with Crippen LogP contribution in [0, 0.1) is 0 Å². The molecule has 0 radical (unpaired) electrons. The van der Waals surface area contributed by atoms with Crippen LogP contribution in [0.2, 0.25) is 0 Å². The molecule has 2 aromatic rings. The van der Waals surface area contributed by atoms with E-state index in [0.717, 1.165) is 22.6 Å². The van der Waals surface area contributed by atoms with Gasteiger partial charge in [-0.1, -0.05) is 36.4 Å². The van der Waals surface area contributed by atoms with Gasteiger partial charge in [0.05, 0.1) is 106 Å². The maximum absolute atomic E-state index is 8.29. The first-order valence-corrected chi connectivity index (χ1v) is 51.4. The fourth-order valence-electron chi connectivity index (χ4n) is 21.1. The van der Waals surface area contributed by atoms with E-state index in [-0.39, 0.29) is 0 Å². The lowest BCUT2D eigenvalue weighted by atomic mass is 10.1. The van der Waals surface area contributed by atoms with Gasteiger partial charge < -0.3 is 84.8 Å². The number of benzene rings is 2. The molecular weight excluding hydrogens is 1560 g/mol. The monoisotopic (exact) mass is 1670 g/mol. The van der Waals surface area contributed by atoms with Gasteiger partial charge in [-0.15, -0.1) is 0 Å². The fourth-order valence-corrected chi connectivity index (χ4v) is 51.0. The molecule has 16 saturated heterocycles. The maximum Gasteiger partial charge on any atom is 0.334 e. The number of hydrogen-bond donors (Lipinski definition) is 0. The molecule has 0 bridgehead atoms. The summed E-state index contributed by atoms with van der Waals surface area (Å²) in [5, 5.41) is 0. The zero-order valence-electron chi connectivity index (χ0n) is 64.6. The Balaban J connectivity index is 0.748. The van der Waals surface area contributed by atoms with Crippen molar-refractivity contribution in [3.8, 4) is 11.5 Å². The number of para-hydroxylation sites is 2. The van der Waals surface area contributed by atoms with E-state index >= 15 is 0 Å². The number of hydrogen-bond acceptors (Lipinski definition) is 34. The van der Waals surface area contributed by atoms with Crippen LogP contribution in [0.15, 0.2) is 75.6 Å². The molecule has 0 amide bonds.